The number of rotatable bonds is 7. The van der Waals surface area contributed by atoms with Gasteiger partial charge in [-0.15, -0.1) is 0 Å². The minimum atomic E-state index is -0.350. The molecule has 150 valence electrons. The van der Waals surface area contributed by atoms with E-state index in [0.29, 0.717) is 22.4 Å². The first-order valence-electron chi connectivity index (χ1n) is 9.02. The molecule has 0 spiro atoms. The molecule has 0 aliphatic rings. The molecule has 3 aromatic carbocycles. The number of halogens is 2. The molecule has 0 aliphatic heterocycles. The summed E-state index contributed by atoms with van der Waals surface area (Å²) in [4.78, 5) is 12.0. The molecule has 0 saturated carbocycles. The number of nitriles is 1. The van der Waals surface area contributed by atoms with E-state index in [9.17, 15) is 14.4 Å². The van der Waals surface area contributed by atoms with Crippen LogP contribution in [0.3, 0.4) is 0 Å². The highest BCUT2D eigenvalue weighted by molar-refractivity contribution is 9.10. The first-order chi connectivity index (χ1) is 14.5. The van der Waals surface area contributed by atoms with Crippen molar-refractivity contribution in [1.82, 2.24) is 5.43 Å². The van der Waals surface area contributed by atoms with Gasteiger partial charge in [-0.25, -0.2) is 9.82 Å². The predicted molar refractivity (Wildman–Crippen MR) is 115 cm³/mol. The molecule has 7 heteroatoms. The molecule has 0 fully saturated rings. The van der Waals surface area contributed by atoms with Crippen molar-refractivity contribution in [3.05, 3.63) is 99.3 Å². The number of hydrogen-bond acceptors (Lipinski definition) is 4. The molecule has 0 atom stereocenters. The van der Waals surface area contributed by atoms with Gasteiger partial charge in [-0.1, -0.05) is 46.3 Å². The van der Waals surface area contributed by atoms with Crippen LogP contribution in [0, 0.1) is 17.1 Å². The molecule has 0 aliphatic carbocycles. The van der Waals surface area contributed by atoms with Gasteiger partial charge in [0.25, 0.3) is 0 Å². The van der Waals surface area contributed by atoms with Gasteiger partial charge in [0.1, 0.15) is 18.2 Å². The summed E-state index contributed by atoms with van der Waals surface area (Å²) in [6, 6.07) is 20.5. The van der Waals surface area contributed by atoms with Gasteiger partial charge in [0, 0.05) is 15.6 Å². The maximum atomic E-state index is 12.9. The van der Waals surface area contributed by atoms with E-state index in [1.165, 1.54) is 18.3 Å². The van der Waals surface area contributed by atoms with Crippen molar-refractivity contribution in [2.45, 2.75) is 13.0 Å². The SMILES string of the molecule is N#Cc1ccccc1COc1ccc(Br)cc1/C=N/NC(=O)Cc1ccc(F)cc1. The van der Waals surface area contributed by atoms with Gasteiger partial charge in [-0.05, 0) is 42.0 Å². The van der Waals surface area contributed by atoms with Crippen LogP contribution in [0.25, 0.3) is 0 Å². The molecule has 1 N–H and O–H groups in total. The van der Waals surface area contributed by atoms with Gasteiger partial charge in [0.05, 0.1) is 24.3 Å². The van der Waals surface area contributed by atoms with Gasteiger partial charge in [-0.2, -0.15) is 10.4 Å². The molecular weight excluding hydrogens is 449 g/mol. The van der Waals surface area contributed by atoms with Crippen LogP contribution in [0.5, 0.6) is 5.75 Å². The number of carbonyl (C=O) groups is 1. The maximum absolute atomic E-state index is 12.9. The Bertz CT molecular complexity index is 1110. The quantitative estimate of drug-likeness (QED) is 0.404. The van der Waals surface area contributed by atoms with E-state index in [2.05, 4.69) is 32.5 Å². The summed E-state index contributed by atoms with van der Waals surface area (Å²) >= 11 is 3.41. The minimum absolute atomic E-state index is 0.0877. The molecule has 0 bridgehead atoms. The Morgan fingerprint density at radius 2 is 1.93 bits per heavy atom. The fourth-order valence-electron chi connectivity index (χ4n) is 2.66. The van der Waals surface area contributed by atoms with Crippen molar-refractivity contribution in [2.24, 2.45) is 5.10 Å². The summed E-state index contributed by atoms with van der Waals surface area (Å²) in [5, 5.41) is 13.2. The van der Waals surface area contributed by atoms with E-state index < -0.39 is 0 Å². The highest BCUT2D eigenvalue weighted by Gasteiger charge is 2.07. The summed E-state index contributed by atoms with van der Waals surface area (Å²) in [6.07, 6.45) is 1.57. The number of hydrogen-bond donors (Lipinski definition) is 1. The van der Waals surface area contributed by atoms with Gasteiger partial charge in [-0.3, -0.25) is 4.79 Å². The van der Waals surface area contributed by atoms with Gasteiger partial charge >= 0.3 is 0 Å². The Kier molecular flexibility index (Phi) is 7.30. The molecule has 0 aromatic heterocycles. The first-order valence-corrected chi connectivity index (χ1v) is 9.81. The fourth-order valence-corrected chi connectivity index (χ4v) is 3.04. The molecule has 0 radical (unpaired) electrons. The van der Waals surface area contributed by atoms with Gasteiger partial charge < -0.3 is 4.74 Å². The van der Waals surface area contributed by atoms with Crippen LogP contribution in [-0.4, -0.2) is 12.1 Å². The fraction of sp³-hybridized carbons (Fsp3) is 0.0870. The van der Waals surface area contributed by atoms with E-state index in [4.69, 9.17) is 4.74 Å². The zero-order valence-corrected chi connectivity index (χ0v) is 17.4. The molecule has 30 heavy (non-hydrogen) atoms. The second-order valence-corrected chi connectivity index (χ2v) is 7.25. The van der Waals surface area contributed by atoms with Crippen molar-refractivity contribution in [3.63, 3.8) is 0 Å². The van der Waals surface area contributed by atoms with Crippen molar-refractivity contribution >= 4 is 28.1 Å². The van der Waals surface area contributed by atoms with E-state index in [1.54, 1.807) is 36.4 Å². The van der Waals surface area contributed by atoms with Crippen LogP contribution in [0.15, 0.2) is 76.3 Å². The topological polar surface area (TPSA) is 74.5 Å². The molecule has 1 amide bonds. The molecule has 0 saturated heterocycles. The predicted octanol–water partition coefficient (Wildman–Crippen LogP) is 4.73. The molecule has 0 unspecified atom stereocenters. The standard InChI is InChI=1S/C23H17BrFN3O2/c24-20-7-10-22(30-15-18-4-2-1-3-17(18)13-26)19(12-20)14-27-28-23(29)11-16-5-8-21(25)9-6-16/h1-10,12,14H,11,15H2,(H,28,29)/b27-14+. The van der Waals surface area contributed by atoms with E-state index in [-0.39, 0.29) is 24.8 Å². The van der Waals surface area contributed by atoms with Crippen molar-refractivity contribution < 1.29 is 13.9 Å². The number of hydrazone groups is 1. The lowest BCUT2D eigenvalue weighted by Gasteiger charge is -2.10. The normalized spacial score (nSPS) is 10.6. The molecule has 0 heterocycles. The molecule has 5 nitrogen and oxygen atoms in total. The Labute approximate surface area is 181 Å². The molecule has 3 aromatic rings. The second-order valence-electron chi connectivity index (χ2n) is 6.34. The van der Waals surface area contributed by atoms with Gasteiger partial charge in [0.2, 0.25) is 5.91 Å². The zero-order chi connectivity index (χ0) is 21.3. The van der Waals surface area contributed by atoms with Crippen LogP contribution in [-0.2, 0) is 17.8 Å². The highest BCUT2D eigenvalue weighted by atomic mass is 79.9. The summed E-state index contributed by atoms with van der Waals surface area (Å²) in [6.45, 7) is 0.225. The Morgan fingerprint density at radius 1 is 1.17 bits per heavy atom. The largest absolute Gasteiger partial charge is 0.488 e. The van der Waals surface area contributed by atoms with Crippen LogP contribution in [0.1, 0.15) is 22.3 Å². The lowest BCUT2D eigenvalue weighted by molar-refractivity contribution is -0.120. The summed E-state index contributed by atoms with van der Waals surface area (Å²) in [5.41, 5.74) is 5.13. The van der Waals surface area contributed by atoms with Crippen molar-refractivity contribution in [3.8, 4) is 11.8 Å². The van der Waals surface area contributed by atoms with E-state index in [1.807, 2.05) is 18.2 Å². The minimum Gasteiger partial charge on any atom is -0.488 e. The van der Waals surface area contributed by atoms with E-state index >= 15 is 0 Å². The number of nitrogens with one attached hydrogen (secondary N) is 1. The van der Waals surface area contributed by atoms with Crippen LogP contribution in [0.4, 0.5) is 4.39 Å². The first kappa shape index (κ1) is 21.2. The van der Waals surface area contributed by atoms with E-state index in [0.717, 1.165) is 10.0 Å². The summed E-state index contributed by atoms with van der Waals surface area (Å²) in [5.74, 6) is -0.113. The number of ether oxygens (including phenoxy) is 1. The Balaban J connectivity index is 1.65. The molecular formula is C23H17BrFN3O2. The smallest absolute Gasteiger partial charge is 0.244 e. The van der Waals surface area contributed by atoms with Crippen LogP contribution >= 0.6 is 15.9 Å². The van der Waals surface area contributed by atoms with Crippen LogP contribution < -0.4 is 10.2 Å². The average molecular weight is 466 g/mol. The third-order valence-electron chi connectivity index (χ3n) is 4.16. The monoisotopic (exact) mass is 465 g/mol. The summed E-state index contributed by atoms with van der Waals surface area (Å²) in [7, 11) is 0. The van der Waals surface area contributed by atoms with Crippen LogP contribution in [0.2, 0.25) is 0 Å². The lowest BCUT2D eigenvalue weighted by atomic mass is 10.1. The number of amides is 1. The summed E-state index contributed by atoms with van der Waals surface area (Å²) < 4.78 is 19.6. The Morgan fingerprint density at radius 3 is 2.70 bits per heavy atom. The average Bonchev–Trinajstić information content (AvgIpc) is 2.75. The molecule has 3 rings (SSSR count). The maximum Gasteiger partial charge on any atom is 0.244 e. The number of carbonyl (C=O) groups excluding carboxylic acids is 1. The van der Waals surface area contributed by atoms with Gasteiger partial charge in [0.15, 0.2) is 0 Å². The Hall–Kier alpha value is -3.50. The van der Waals surface area contributed by atoms with Crippen molar-refractivity contribution in [1.29, 1.82) is 5.26 Å². The third kappa shape index (κ3) is 6.00. The number of benzene rings is 3. The highest BCUT2D eigenvalue weighted by Crippen LogP contribution is 2.23. The lowest BCUT2D eigenvalue weighted by Crippen LogP contribution is -2.19. The zero-order valence-electron chi connectivity index (χ0n) is 15.8. The number of nitrogens with zero attached hydrogens (tertiary/aromatic N) is 2. The second kappa shape index (κ2) is 10.3. The third-order valence-corrected chi connectivity index (χ3v) is 4.66. The van der Waals surface area contributed by atoms with Crippen molar-refractivity contribution in [2.75, 3.05) is 0 Å².